The van der Waals surface area contributed by atoms with Crippen molar-refractivity contribution >= 4 is 11.8 Å². The minimum Gasteiger partial charge on any atom is -0.385 e. The van der Waals surface area contributed by atoms with E-state index in [0.29, 0.717) is 13.0 Å². The largest absolute Gasteiger partial charge is 0.385 e. The Morgan fingerprint density at radius 1 is 1.76 bits per heavy atom. The van der Waals surface area contributed by atoms with Crippen molar-refractivity contribution in [2.45, 2.75) is 25.0 Å². The minimum atomic E-state index is -1.01. The summed E-state index contributed by atoms with van der Waals surface area (Å²) in [4.78, 5) is 7.23. The van der Waals surface area contributed by atoms with Crippen LogP contribution in [-0.2, 0) is 4.74 Å². The molecule has 1 aromatic heterocycles. The molecule has 2 unspecified atom stereocenters. The van der Waals surface area contributed by atoms with Gasteiger partial charge in [-0.1, -0.05) is 0 Å². The molecule has 94 valence electrons. The summed E-state index contributed by atoms with van der Waals surface area (Å²) >= 11 is 0. The average Bonchev–Trinajstić information content (AvgIpc) is 2.61. The molecule has 1 aliphatic rings. The maximum absolute atomic E-state index is 13.3. The molecule has 6 nitrogen and oxygen atoms in total. The van der Waals surface area contributed by atoms with E-state index in [1.165, 1.54) is 0 Å². The van der Waals surface area contributed by atoms with E-state index in [0.717, 1.165) is 6.20 Å². The molecular formula is C10H15FN4O2. The summed E-state index contributed by atoms with van der Waals surface area (Å²) in [6, 6.07) is 0. The van der Waals surface area contributed by atoms with Crippen molar-refractivity contribution in [2.24, 2.45) is 0 Å². The van der Waals surface area contributed by atoms with Gasteiger partial charge in [0.05, 0.1) is 12.3 Å². The van der Waals surface area contributed by atoms with Crippen LogP contribution in [0.15, 0.2) is 6.20 Å². The highest BCUT2D eigenvalue weighted by Gasteiger charge is 2.39. The molecular weight excluding hydrogens is 227 g/mol. The van der Waals surface area contributed by atoms with Gasteiger partial charge in [-0.05, 0) is 6.92 Å². The number of rotatable bonds is 3. The van der Waals surface area contributed by atoms with Gasteiger partial charge in [-0.3, -0.25) is 0 Å². The number of aromatic nitrogens is 2. The van der Waals surface area contributed by atoms with E-state index in [2.05, 4.69) is 15.3 Å². The molecule has 0 spiro atoms. The third-order valence-electron chi connectivity index (χ3n) is 2.98. The molecule has 0 aliphatic carbocycles. The smallest absolute Gasteiger partial charge is 0.222 e. The predicted octanol–water partition coefficient (Wildman–Crippen LogP) is 0.150. The minimum absolute atomic E-state index is 0.00924. The maximum Gasteiger partial charge on any atom is 0.222 e. The summed E-state index contributed by atoms with van der Waals surface area (Å²) in [7, 11) is 0. The first-order valence-corrected chi connectivity index (χ1v) is 5.37. The number of halogens is 1. The Labute approximate surface area is 98.0 Å². The fourth-order valence-electron chi connectivity index (χ4n) is 1.74. The zero-order chi connectivity index (χ0) is 12.5. The van der Waals surface area contributed by atoms with E-state index in [-0.39, 0.29) is 24.4 Å². The molecule has 4 N–H and O–H groups in total. The molecule has 17 heavy (non-hydrogen) atoms. The number of hydrogen-bond acceptors (Lipinski definition) is 6. The second kappa shape index (κ2) is 4.42. The van der Waals surface area contributed by atoms with Crippen molar-refractivity contribution in [1.29, 1.82) is 0 Å². The third-order valence-corrected chi connectivity index (χ3v) is 2.98. The zero-order valence-electron chi connectivity index (χ0n) is 9.48. The summed E-state index contributed by atoms with van der Waals surface area (Å²) < 4.78 is 18.6. The SMILES string of the molecule is CC1OCCC1(O)CNc1nc(N)ncc1F. The van der Waals surface area contributed by atoms with E-state index >= 15 is 0 Å². The number of ether oxygens (including phenoxy) is 1. The fraction of sp³-hybridized carbons (Fsp3) is 0.600. The highest BCUT2D eigenvalue weighted by atomic mass is 19.1. The molecule has 0 amide bonds. The Hall–Kier alpha value is -1.47. The summed E-state index contributed by atoms with van der Waals surface area (Å²) in [5, 5.41) is 12.9. The van der Waals surface area contributed by atoms with Gasteiger partial charge in [0.2, 0.25) is 5.95 Å². The maximum atomic E-state index is 13.3. The number of nitrogen functional groups attached to an aromatic ring is 1. The van der Waals surface area contributed by atoms with E-state index in [1.54, 1.807) is 6.92 Å². The number of nitrogens with two attached hydrogens (primary N) is 1. The first-order valence-electron chi connectivity index (χ1n) is 5.37. The van der Waals surface area contributed by atoms with Crippen LogP contribution in [0.3, 0.4) is 0 Å². The first kappa shape index (κ1) is 12.0. The van der Waals surface area contributed by atoms with Gasteiger partial charge in [0.1, 0.15) is 5.60 Å². The van der Waals surface area contributed by atoms with E-state index in [1.807, 2.05) is 0 Å². The van der Waals surface area contributed by atoms with Crippen LogP contribution in [0, 0.1) is 5.82 Å². The number of hydrogen-bond donors (Lipinski definition) is 3. The van der Waals surface area contributed by atoms with Gasteiger partial charge in [0.25, 0.3) is 0 Å². The number of anilines is 2. The van der Waals surface area contributed by atoms with Crippen molar-refractivity contribution in [2.75, 3.05) is 24.2 Å². The summed E-state index contributed by atoms with van der Waals surface area (Å²) in [5.41, 5.74) is 4.35. The summed E-state index contributed by atoms with van der Waals surface area (Å²) in [6.45, 7) is 2.43. The number of nitrogens with one attached hydrogen (secondary N) is 1. The van der Waals surface area contributed by atoms with Gasteiger partial charge in [-0.2, -0.15) is 4.98 Å². The Balaban J connectivity index is 2.04. The summed E-state index contributed by atoms with van der Waals surface area (Å²) in [6.07, 6.45) is 1.20. The lowest BCUT2D eigenvalue weighted by Crippen LogP contribution is -2.43. The van der Waals surface area contributed by atoms with Crippen molar-refractivity contribution in [3.63, 3.8) is 0 Å². The van der Waals surface area contributed by atoms with Gasteiger partial charge < -0.3 is 20.9 Å². The van der Waals surface area contributed by atoms with Crippen molar-refractivity contribution in [1.82, 2.24) is 9.97 Å². The normalized spacial score (nSPS) is 28.3. The first-order chi connectivity index (χ1) is 8.01. The third kappa shape index (κ3) is 2.45. The molecule has 2 atom stereocenters. The van der Waals surface area contributed by atoms with Crippen LogP contribution < -0.4 is 11.1 Å². The highest BCUT2D eigenvalue weighted by molar-refractivity contribution is 5.39. The van der Waals surface area contributed by atoms with Crippen LogP contribution in [0.2, 0.25) is 0 Å². The Bertz CT molecular complexity index is 417. The van der Waals surface area contributed by atoms with Crippen LogP contribution in [0.25, 0.3) is 0 Å². The van der Waals surface area contributed by atoms with E-state index < -0.39 is 11.4 Å². The van der Waals surface area contributed by atoms with Crippen LogP contribution in [0.1, 0.15) is 13.3 Å². The standard InChI is InChI=1S/C10H15FN4O2/c1-6-10(16,2-3-17-6)5-14-8-7(11)4-13-9(12)15-8/h4,6,16H,2-3,5H2,1H3,(H3,12,13,14,15). The molecule has 2 heterocycles. The van der Waals surface area contributed by atoms with Gasteiger partial charge in [-0.15, -0.1) is 0 Å². The lowest BCUT2D eigenvalue weighted by atomic mass is 9.97. The van der Waals surface area contributed by atoms with Crippen LogP contribution in [0.5, 0.6) is 0 Å². The molecule has 0 saturated carbocycles. The number of nitrogens with zero attached hydrogens (tertiary/aromatic N) is 2. The van der Waals surface area contributed by atoms with Crippen LogP contribution >= 0.6 is 0 Å². The quantitative estimate of drug-likeness (QED) is 0.698. The molecule has 1 aliphatic heterocycles. The number of aliphatic hydroxyl groups is 1. The van der Waals surface area contributed by atoms with E-state index in [4.69, 9.17) is 10.5 Å². The summed E-state index contributed by atoms with van der Waals surface area (Å²) in [5.74, 6) is -0.629. The molecule has 7 heteroatoms. The van der Waals surface area contributed by atoms with Crippen molar-refractivity contribution in [3.8, 4) is 0 Å². The van der Waals surface area contributed by atoms with Crippen LogP contribution in [0.4, 0.5) is 16.2 Å². The molecule has 0 radical (unpaired) electrons. The molecule has 1 saturated heterocycles. The fourth-order valence-corrected chi connectivity index (χ4v) is 1.74. The molecule has 1 aromatic rings. The predicted molar refractivity (Wildman–Crippen MR) is 59.9 cm³/mol. The highest BCUT2D eigenvalue weighted by Crippen LogP contribution is 2.26. The lowest BCUT2D eigenvalue weighted by Gasteiger charge is -2.26. The van der Waals surface area contributed by atoms with Gasteiger partial charge in [0.15, 0.2) is 11.6 Å². The van der Waals surface area contributed by atoms with Crippen molar-refractivity contribution < 1.29 is 14.2 Å². The Morgan fingerprint density at radius 3 is 3.18 bits per heavy atom. The molecule has 2 rings (SSSR count). The second-order valence-corrected chi connectivity index (χ2v) is 4.14. The average molecular weight is 242 g/mol. The monoisotopic (exact) mass is 242 g/mol. The second-order valence-electron chi connectivity index (χ2n) is 4.14. The Kier molecular flexibility index (Phi) is 3.12. The van der Waals surface area contributed by atoms with Crippen LogP contribution in [-0.4, -0.2) is 39.9 Å². The van der Waals surface area contributed by atoms with Gasteiger partial charge in [-0.25, -0.2) is 9.37 Å². The molecule has 0 aromatic carbocycles. The molecule has 0 bridgehead atoms. The zero-order valence-corrected chi connectivity index (χ0v) is 9.48. The Morgan fingerprint density at radius 2 is 2.53 bits per heavy atom. The van der Waals surface area contributed by atoms with Gasteiger partial charge >= 0.3 is 0 Å². The molecule has 1 fully saturated rings. The van der Waals surface area contributed by atoms with Gasteiger partial charge in [0, 0.05) is 19.6 Å². The van der Waals surface area contributed by atoms with Crippen molar-refractivity contribution in [3.05, 3.63) is 12.0 Å². The van der Waals surface area contributed by atoms with E-state index in [9.17, 15) is 9.50 Å². The topological polar surface area (TPSA) is 93.3 Å². The lowest BCUT2D eigenvalue weighted by molar-refractivity contribution is -0.0176.